The molecule has 0 radical (unpaired) electrons. The second kappa shape index (κ2) is 46.0. The number of aliphatic hydroxyl groups is 11. The Morgan fingerprint density at radius 3 is 1.65 bits per heavy atom. The zero-order chi connectivity index (χ0) is 68.1. The van der Waals surface area contributed by atoms with Crippen LogP contribution in [0.1, 0.15) is 219 Å². The Hall–Kier alpha value is -3.35. The number of aliphatic hydroxyl groups excluding tert-OH is 11. The molecule has 3 aliphatic rings. The smallest absolute Gasteiger partial charge is 0.364 e. The molecule has 0 bridgehead atoms. The average molecular weight is 1330 g/mol. The maximum atomic E-state index is 14.1. The second-order valence-electron chi connectivity index (χ2n) is 26.0. The summed E-state index contributed by atoms with van der Waals surface area (Å²) < 4.78 is 35.6. The van der Waals surface area contributed by atoms with Crippen molar-refractivity contribution in [2.45, 2.75) is 330 Å². The molecule has 0 saturated carbocycles. The average Bonchev–Trinajstić information content (AvgIpc) is 0.776. The van der Waals surface area contributed by atoms with Crippen molar-refractivity contribution < 1.29 is 104 Å². The van der Waals surface area contributed by atoms with Crippen molar-refractivity contribution >= 4 is 23.9 Å². The highest BCUT2D eigenvalue weighted by atomic mass is 16.8. The molecule has 19 atom stereocenters. The largest absolute Gasteiger partial charge is 0.477 e. The number of ether oxygens (including phenoxy) is 6. The normalized spacial score (nSPS) is 28.5. The van der Waals surface area contributed by atoms with Gasteiger partial charge in [-0.3, -0.25) is 14.5 Å². The summed E-state index contributed by atoms with van der Waals surface area (Å²) in [6, 6.07) is 6.35. The molecule has 1 aromatic rings. The van der Waals surface area contributed by atoms with Crippen LogP contribution in [0.15, 0.2) is 36.4 Å². The third-order valence-corrected chi connectivity index (χ3v) is 18.3. The molecular formula is C69H121N3O21. The van der Waals surface area contributed by atoms with E-state index in [1.807, 2.05) is 42.5 Å². The number of amides is 2. The number of carboxylic acid groups (broad SMARTS) is 1. The van der Waals surface area contributed by atoms with Gasteiger partial charge in [0.2, 0.25) is 11.8 Å². The number of unbranched alkanes of at least 4 members (excludes halogenated alkanes) is 24. The first-order valence-electron chi connectivity index (χ1n) is 35.3. The summed E-state index contributed by atoms with van der Waals surface area (Å²) in [5.74, 6) is -6.16. The first kappa shape index (κ1) is 82.1. The van der Waals surface area contributed by atoms with E-state index >= 15 is 0 Å². The molecule has 3 fully saturated rings. The van der Waals surface area contributed by atoms with E-state index in [0.29, 0.717) is 19.5 Å². The van der Waals surface area contributed by atoms with Gasteiger partial charge in [-0.2, -0.15) is 0 Å². The summed E-state index contributed by atoms with van der Waals surface area (Å²) in [5.41, 5.74) is 0.904. The molecule has 3 heterocycles. The number of nitrogens with zero attached hydrogens (tertiary/aromatic N) is 1. The highest BCUT2D eigenvalue weighted by Gasteiger charge is 2.60. The fourth-order valence-electron chi connectivity index (χ4n) is 12.7. The van der Waals surface area contributed by atoms with E-state index in [1.165, 1.54) is 64.2 Å². The first-order chi connectivity index (χ1) is 44.8. The van der Waals surface area contributed by atoms with E-state index in [1.54, 1.807) is 0 Å². The summed E-state index contributed by atoms with van der Waals surface area (Å²) >= 11 is 0. The lowest BCUT2D eigenvalue weighted by Gasteiger charge is -2.50. The molecule has 24 heteroatoms. The topological polar surface area (TPSA) is 377 Å². The van der Waals surface area contributed by atoms with Crippen LogP contribution >= 0.6 is 0 Å². The molecule has 3 aliphatic heterocycles. The number of carbonyl (C=O) groups is 3. The van der Waals surface area contributed by atoms with E-state index in [4.69, 9.17) is 28.4 Å². The number of nitrogens with one attached hydrogen (secondary N) is 2. The van der Waals surface area contributed by atoms with Crippen LogP contribution < -0.4 is 10.6 Å². The van der Waals surface area contributed by atoms with E-state index in [-0.39, 0.29) is 12.3 Å². The maximum Gasteiger partial charge on any atom is 0.364 e. The molecular weight excluding hydrogens is 1210 g/mol. The van der Waals surface area contributed by atoms with Crippen molar-refractivity contribution in [3.05, 3.63) is 42.0 Å². The molecule has 1 aromatic carbocycles. The summed E-state index contributed by atoms with van der Waals surface area (Å²) in [4.78, 5) is 41.7. The highest BCUT2D eigenvalue weighted by Crippen LogP contribution is 2.39. The van der Waals surface area contributed by atoms with Crippen LogP contribution in [-0.4, -0.2) is 239 Å². The summed E-state index contributed by atoms with van der Waals surface area (Å²) in [5, 5.41) is 139. The zero-order valence-electron chi connectivity index (χ0n) is 56.2. The van der Waals surface area contributed by atoms with Crippen LogP contribution in [0.4, 0.5) is 0 Å². The number of rotatable bonds is 50. The molecule has 4 rings (SSSR count). The summed E-state index contributed by atoms with van der Waals surface area (Å²) in [6.07, 6.45) is 4.37. The molecule has 14 N–H and O–H groups in total. The number of hydrogen-bond donors (Lipinski definition) is 14. The third-order valence-electron chi connectivity index (χ3n) is 18.3. The van der Waals surface area contributed by atoms with Gasteiger partial charge in [0.15, 0.2) is 12.6 Å². The van der Waals surface area contributed by atoms with E-state index in [2.05, 4.69) is 36.3 Å². The van der Waals surface area contributed by atoms with Crippen molar-refractivity contribution in [2.75, 3.05) is 39.5 Å². The Labute approximate surface area is 552 Å². The van der Waals surface area contributed by atoms with Crippen LogP contribution in [0, 0.1) is 0 Å². The van der Waals surface area contributed by atoms with Gasteiger partial charge in [0.1, 0.15) is 67.1 Å². The predicted octanol–water partition coefficient (Wildman–Crippen LogP) is 5.01. The van der Waals surface area contributed by atoms with Crippen molar-refractivity contribution in [1.29, 1.82) is 0 Å². The highest BCUT2D eigenvalue weighted by molar-refractivity contribution is 5.77. The predicted molar refractivity (Wildman–Crippen MR) is 349 cm³/mol. The number of aliphatic carboxylic acids is 1. The lowest BCUT2D eigenvalue weighted by Crippen LogP contribution is -2.70. The molecule has 1 unspecified atom stereocenters. The van der Waals surface area contributed by atoms with Crippen molar-refractivity contribution in [1.82, 2.24) is 15.5 Å². The second-order valence-corrected chi connectivity index (χ2v) is 26.0. The number of benzene rings is 1. The minimum Gasteiger partial charge on any atom is -0.477 e. The Bertz CT molecular complexity index is 2160. The number of carbonyl (C=O) groups excluding carboxylic acids is 2. The Kier molecular flexibility index (Phi) is 40.6. The Morgan fingerprint density at radius 2 is 1.15 bits per heavy atom. The molecule has 0 spiro atoms. The molecule has 3 saturated heterocycles. The van der Waals surface area contributed by atoms with E-state index in [0.717, 1.165) is 115 Å². The minimum absolute atomic E-state index is 0.178. The van der Waals surface area contributed by atoms with Gasteiger partial charge in [0.05, 0.1) is 56.8 Å². The zero-order valence-corrected chi connectivity index (χ0v) is 56.2. The monoisotopic (exact) mass is 1330 g/mol. The van der Waals surface area contributed by atoms with Crippen molar-refractivity contribution in [3.8, 4) is 0 Å². The molecule has 2 amide bonds. The molecule has 0 aromatic heterocycles. The Balaban J connectivity index is 1.58. The quantitative estimate of drug-likeness (QED) is 0.0381. The van der Waals surface area contributed by atoms with Gasteiger partial charge in [-0.05, 0) is 37.9 Å². The van der Waals surface area contributed by atoms with Crippen LogP contribution in [0.5, 0.6) is 0 Å². The van der Waals surface area contributed by atoms with Gasteiger partial charge >= 0.3 is 5.97 Å². The summed E-state index contributed by atoms with van der Waals surface area (Å²) in [6.45, 7) is 5.53. The Morgan fingerprint density at radius 1 is 0.645 bits per heavy atom. The van der Waals surface area contributed by atoms with E-state index in [9.17, 15) is 75.7 Å². The van der Waals surface area contributed by atoms with Crippen LogP contribution in [0.25, 0.3) is 6.08 Å². The third kappa shape index (κ3) is 27.8. The molecule has 24 nitrogen and oxygen atoms in total. The van der Waals surface area contributed by atoms with Gasteiger partial charge in [0, 0.05) is 19.8 Å². The fourth-order valence-corrected chi connectivity index (χ4v) is 12.7. The number of carboxylic acids is 1. The van der Waals surface area contributed by atoms with Gasteiger partial charge in [-0.25, -0.2) is 4.79 Å². The SMILES string of the molecule is CCCCCCCCCCCCCCCCCC(=O)N[C@@H](CO[C@@H]1O[C@H](CO)[C@@H](O[C@@H]2O[C@H](CO)[C@H](O)[C@H](O[C@]3(C(=O)O)C[C@H](O)[C@@H](NC(C)=O)[C@H]([C@H](O)[C@H](O)CO)O3)[C@H]2O)[C@H](O)[C@H]1O)[C@H](O)C(/C=C/c1ccccc1)N(CCCCCCCC)CCCCCCCC. The molecule has 93 heavy (non-hydrogen) atoms. The minimum atomic E-state index is -3.10. The number of hydrogen-bond acceptors (Lipinski definition) is 21. The van der Waals surface area contributed by atoms with Gasteiger partial charge in [0.25, 0.3) is 5.79 Å². The molecule has 0 aliphatic carbocycles. The van der Waals surface area contributed by atoms with Crippen LogP contribution in [0.3, 0.4) is 0 Å². The first-order valence-corrected chi connectivity index (χ1v) is 35.3. The lowest BCUT2D eigenvalue weighted by atomic mass is 9.88. The van der Waals surface area contributed by atoms with Gasteiger partial charge in [-0.15, -0.1) is 0 Å². The van der Waals surface area contributed by atoms with Crippen molar-refractivity contribution in [2.24, 2.45) is 0 Å². The maximum absolute atomic E-state index is 14.1. The van der Waals surface area contributed by atoms with Gasteiger partial charge in [-0.1, -0.05) is 217 Å². The fraction of sp³-hybridized carbons (Fsp3) is 0.841. The summed E-state index contributed by atoms with van der Waals surface area (Å²) in [7, 11) is 0. The lowest BCUT2D eigenvalue weighted by molar-refractivity contribution is -0.386. The van der Waals surface area contributed by atoms with E-state index < -0.39 is 161 Å². The van der Waals surface area contributed by atoms with Crippen LogP contribution in [-0.2, 0) is 42.8 Å². The van der Waals surface area contributed by atoms with Crippen LogP contribution in [0.2, 0.25) is 0 Å². The standard InChI is InChI=1S/C69H121N3O21/c1-5-8-11-14-17-18-19-20-21-22-23-24-25-26-32-37-55(79)71-49(57(80)50(39-38-48-35-30-29-31-36-48)72(40-33-27-15-12-9-6-2)41-34-28-16-13-10-7-3)46-88-66-61(84)60(83)63(54(45-75)90-66)91-67-62(85)65(59(82)53(44-74)89-67)93-69(68(86)87)42-51(77)56(70-47(4)76)64(92-69)58(81)52(78)43-73/h29-31,35-36,38-39,49-54,56-67,73-75,77-78,80-85H,5-28,32-34,37,40-46H2,1-4H3,(H,70,76)(H,71,79)(H,86,87)/b39-38+/t49-,50?,51-,52+,53+,54+,56+,57-,58+,59-,60+,61+,62+,63+,64+,65-,66+,67-,69-/m0/s1. The van der Waals surface area contributed by atoms with Crippen molar-refractivity contribution in [3.63, 3.8) is 0 Å². The van der Waals surface area contributed by atoms with Gasteiger partial charge < -0.3 is 100 Å². The molecule has 538 valence electrons.